The number of nitrogens with zero attached hydrogens (tertiary/aromatic N) is 1. The highest BCUT2D eigenvalue weighted by atomic mass is 32.2. The molecule has 19 heavy (non-hydrogen) atoms. The maximum Gasteiger partial charge on any atom is 0.217 e. The molecule has 1 aromatic rings. The third-order valence-corrected chi connectivity index (χ3v) is 4.02. The van der Waals surface area contributed by atoms with Crippen LogP contribution in [0.4, 0.5) is 0 Å². The highest BCUT2D eigenvalue weighted by Crippen LogP contribution is 2.16. The Morgan fingerprint density at radius 1 is 1.53 bits per heavy atom. The fraction of sp³-hybridized carbons (Fsp3) is 0.750. The van der Waals surface area contributed by atoms with Crippen LogP contribution in [0.2, 0.25) is 0 Å². The Labute approximate surface area is 114 Å². The summed E-state index contributed by atoms with van der Waals surface area (Å²) < 4.78 is 30.5. The molecule has 0 aromatic carbocycles. The zero-order chi connectivity index (χ0) is 14.5. The number of aromatic nitrogens is 1. The van der Waals surface area contributed by atoms with E-state index in [-0.39, 0.29) is 12.3 Å². The number of hydrogen-bond donors (Lipinski definition) is 2. The lowest BCUT2D eigenvalue weighted by molar-refractivity contribution is 0.0506. The van der Waals surface area contributed by atoms with E-state index in [0.717, 1.165) is 6.42 Å². The van der Waals surface area contributed by atoms with Gasteiger partial charge >= 0.3 is 0 Å². The second-order valence-electron chi connectivity index (χ2n) is 5.50. The number of hydrogen-bond acceptors (Lipinski definition) is 5. The fourth-order valence-electron chi connectivity index (χ4n) is 1.51. The second-order valence-corrected chi connectivity index (χ2v) is 7.31. The summed E-state index contributed by atoms with van der Waals surface area (Å²) in [5.41, 5.74) is -0.699. The van der Waals surface area contributed by atoms with Crippen LogP contribution in [0.5, 0.6) is 0 Å². The van der Waals surface area contributed by atoms with E-state index >= 15 is 0 Å². The summed E-state index contributed by atoms with van der Waals surface area (Å²) in [6, 6.07) is 1.50. The Bertz CT molecular complexity index is 466. The van der Waals surface area contributed by atoms with Gasteiger partial charge in [0.2, 0.25) is 10.0 Å². The van der Waals surface area contributed by atoms with Crippen LogP contribution >= 0.6 is 0 Å². The van der Waals surface area contributed by atoms with Gasteiger partial charge in [-0.2, -0.15) is 0 Å². The van der Waals surface area contributed by atoms with E-state index in [4.69, 9.17) is 0 Å². The molecule has 0 amide bonds. The molecule has 2 N–H and O–H groups in total. The first-order chi connectivity index (χ1) is 8.70. The Hall–Kier alpha value is -0.920. The molecule has 0 saturated heterocycles. The summed E-state index contributed by atoms with van der Waals surface area (Å²) in [5.74, 6) is 0.224. The van der Waals surface area contributed by atoms with Gasteiger partial charge in [0.1, 0.15) is 12.0 Å². The van der Waals surface area contributed by atoms with Crippen molar-refractivity contribution >= 4 is 10.0 Å². The maximum atomic E-state index is 11.8. The van der Waals surface area contributed by atoms with Gasteiger partial charge < -0.3 is 9.63 Å². The van der Waals surface area contributed by atoms with Crippen molar-refractivity contribution in [1.82, 2.24) is 9.88 Å². The smallest absolute Gasteiger partial charge is 0.217 e. The molecule has 0 aliphatic rings. The van der Waals surface area contributed by atoms with E-state index < -0.39 is 15.6 Å². The molecule has 110 valence electrons. The molecule has 0 fully saturated rings. The molecule has 1 unspecified atom stereocenters. The minimum absolute atomic E-state index is 0.0000945. The van der Waals surface area contributed by atoms with Crippen molar-refractivity contribution in [3.05, 3.63) is 18.0 Å². The molecule has 1 atom stereocenters. The van der Waals surface area contributed by atoms with Crippen molar-refractivity contribution in [3.63, 3.8) is 0 Å². The minimum atomic E-state index is -3.51. The van der Waals surface area contributed by atoms with E-state index in [9.17, 15) is 13.5 Å². The van der Waals surface area contributed by atoms with Gasteiger partial charge in [-0.05, 0) is 25.7 Å². The zero-order valence-corrected chi connectivity index (χ0v) is 12.4. The molecular weight excluding hydrogens is 268 g/mol. The van der Waals surface area contributed by atoms with Crippen molar-refractivity contribution < 1.29 is 18.0 Å². The van der Waals surface area contributed by atoms with E-state index in [1.807, 2.05) is 0 Å². The van der Waals surface area contributed by atoms with E-state index in [0.29, 0.717) is 18.0 Å². The average molecular weight is 290 g/mol. The van der Waals surface area contributed by atoms with Crippen LogP contribution in [0.25, 0.3) is 0 Å². The number of rotatable bonds is 8. The Morgan fingerprint density at radius 3 is 2.74 bits per heavy atom. The first-order valence-corrected chi connectivity index (χ1v) is 7.94. The molecule has 0 radical (unpaired) electrons. The van der Waals surface area contributed by atoms with Crippen LogP contribution in [0, 0.1) is 5.92 Å². The third kappa shape index (κ3) is 6.70. The summed E-state index contributed by atoms with van der Waals surface area (Å²) in [4.78, 5) is 0. The van der Waals surface area contributed by atoms with Crippen molar-refractivity contribution in [2.24, 2.45) is 5.92 Å². The van der Waals surface area contributed by atoms with Gasteiger partial charge in [0, 0.05) is 12.6 Å². The highest BCUT2D eigenvalue weighted by molar-refractivity contribution is 7.88. The SMILES string of the molecule is CC(C)CCC(C)(O)CNS(=O)(=O)Cc1ccon1. The van der Waals surface area contributed by atoms with Crippen LogP contribution in [0.3, 0.4) is 0 Å². The van der Waals surface area contributed by atoms with Gasteiger partial charge in [0.25, 0.3) is 0 Å². The van der Waals surface area contributed by atoms with Gasteiger partial charge in [-0.15, -0.1) is 0 Å². The van der Waals surface area contributed by atoms with E-state index in [1.54, 1.807) is 6.92 Å². The van der Waals surface area contributed by atoms with Gasteiger partial charge in [-0.1, -0.05) is 19.0 Å². The number of sulfonamides is 1. The predicted molar refractivity (Wildman–Crippen MR) is 71.8 cm³/mol. The van der Waals surface area contributed by atoms with Crippen LogP contribution in [-0.4, -0.2) is 30.8 Å². The quantitative estimate of drug-likeness (QED) is 0.752. The van der Waals surface area contributed by atoms with Gasteiger partial charge in [-0.25, -0.2) is 13.1 Å². The van der Waals surface area contributed by atoms with Crippen molar-refractivity contribution in [3.8, 4) is 0 Å². The molecule has 1 heterocycles. The summed E-state index contributed by atoms with van der Waals surface area (Å²) in [7, 11) is -3.51. The minimum Gasteiger partial charge on any atom is -0.389 e. The molecular formula is C12H22N2O4S. The molecule has 0 spiro atoms. The predicted octanol–water partition coefficient (Wildman–Crippen LogP) is 1.28. The van der Waals surface area contributed by atoms with Crippen LogP contribution < -0.4 is 4.72 Å². The lowest BCUT2D eigenvalue weighted by Crippen LogP contribution is -2.41. The van der Waals surface area contributed by atoms with Crippen LogP contribution in [-0.2, 0) is 15.8 Å². The average Bonchev–Trinajstić information content (AvgIpc) is 2.76. The van der Waals surface area contributed by atoms with Crippen molar-refractivity contribution in [2.75, 3.05) is 6.54 Å². The largest absolute Gasteiger partial charge is 0.389 e. The van der Waals surface area contributed by atoms with Crippen molar-refractivity contribution in [1.29, 1.82) is 0 Å². The molecule has 0 bridgehead atoms. The van der Waals surface area contributed by atoms with E-state index in [2.05, 4.69) is 28.2 Å². The lowest BCUT2D eigenvalue weighted by atomic mass is 9.96. The van der Waals surface area contributed by atoms with Gasteiger partial charge in [-0.3, -0.25) is 0 Å². The molecule has 1 rings (SSSR count). The summed E-state index contributed by atoms with van der Waals surface area (Å²) >= 11 is 0. The molecule has 0 aliphatic carbocycles. The summed E-state index contributed by atoms with van der Waals surface area (Å²) in [5, 5.41) is 13.6. The third-order valence-electron chi connectivity index (χ3n) is 2.76. The Balaban J connectivity index is 2.46. The first-order valence-electron chi connectivity index (χ1n) is 6.29. The number of nitrogens with one attached hydrogen (secondary N) is 1. The first kappa shape index (κ1) is 16.1. The van der Waals surface area contributed by atoms with Gasteiger partial charge in [0.05, 0.1) is 11.3 Å². The molecule has 7 heteroatoms. The topological polar surface area (TPSA) is 92.4 Å². The Kier molecular flexibility index (Phi) is 5.51. The van der Waals surface area contributed by atoms with Crippen molar-refractivity contribution in [2.45, 2.75) is 45.0 Å². The molecule has 0 saturated carbocycles. The molecule has 6 nitrogen and oxygen atoms in total. The van der Waals surface area contributed by atoms with Crippen LogP contribution in [0.1, 0.15) is 39.3 Å². The Morgan fingerprint density at radius 2 is 2.21 bits per heavy atom. The van der Waals surface area contributed by atoms with Crippen LogP contribution in [0.15, 0.2) is 16.9 Å². The number of aliphatic hydroxyl groups is 1. The lowest BCUT2D eigenvalue weighted by Gasteiger charge is -2.24. The molecule has 0 aliphatic heterocycles. The summed E-state index contributed by atoms with van der Waals surface area (Å²) in [6.45, 7) is 5.75. The zero-order valence-electron chi connectivity index (χ0n) is 11.6. The normalized spacial score (nSPS) is 15.6. The monoisotopic (exact) mass is 290 g/mol. The van der Waals surface area contributed by atoms with Gasteiger partial charge in [0.15, 0.2) is 0 Å². The standard InChI is InChI=1S/C12H22N2O4S/c1-10(2)4-6-12(3,15)9-13-19(16,17)8-11-5-7-18-14-11/h5,7,10,13,15H,4,6,8-9H2,1-3H3. The summed E-state index contributed by atoms with van der Waals surface area (Å²) in [6.07, 6.45) is 2.72. The fourth-order valence-corrected chi connectivity index (χ4v) is 2.68. The van der Waals surface area contributed by atoms with E-state index in [1.165, 1.54) is 12.3 Å². The maximum absolute atomic E-state index is 11.8. The molecule has 1 aromatic heterocycles. The second kappa shape index (κ2) is 6.49. The highest BCUT2D eigenvalue weighted by Gasteiger charge is 2.24.